The molecule has 1 aromatic rings. The molecule has 2 unspecified atom stereocenters. The van der Waals surface area contributed by atoms with Gasteiger partial charge in [0.15, 0.2) is 0 Å². The second kappa shape index (κ2) is 5.24. The van der Waals surface area contributed by atoms with Crippen LogP contribution >= 0.6 is 0 Å². The predicted octanol–water partition coefficient (Wildman–Crippen LogP) is 3.69. The third-order valence-corrected chi connectivity index (χ3v) is 3.63. The van der Waals surface area contributed by atoms with Crippen LogP contribution in [-0.4, -0.2) is 13.2 Å². The molecule has 1 aliphatic carbocycles. The lowest BCUT2D eigenvalue weighted by molar-refractivity contribution is 0.414. The SMILES string of the molecule is CCC1CCCC1Nc1ccccc1OC. The largest absolute Gasteiger partial charge is 0.495 e. The predicted molar refractivity (Wildman–Crippen MR) is 68.0 cm³/mol. The van der Waals surface area contributed by atoms with Gasteiger partial charge in [-0.3, -0.25) is 0 Å². The first-order valence-electron chi connectivity index (χ1n) is 6.24. The Morgan fingerprint density at radius 3 is 2.88 bits per heavy atom. The molecule has 2 heteroatoms. The molecule has 1 aliphatic rings. The fourth-order valence-corrected chi connectivity index (χ4v) is 2.68. The van der Waals surface area contributed by atoms with Crippen LogP contribution in [0.15, 0.2) is 24.3 Å². The first kappa shape index (κ1) is 11.3. The number of para-hydroxylation sites is 2. The highest BCUT2D eigenvalue weighted by Crippen LogP contribution is 2.33. The molecule has 88 valence electrons. The van der Waals surface area contributed by atoms with Gasteiger partial charge in [0.2, 0.25) is 0 Å². The van der Waals surface area contributed by atoms with Gasteiger partial charge < -0.3 is 10.1 Å². The molecule has 2 atom stereocenters. The Morgan fingerprint density at radius 1 is 1.31 bits per heavy atom. The summed E-state index contributed by atoms with van der Waals surface area (Å²) >= 11 is 0. The van der Waals surface area contributed by atoms with E-state index < -0.39 is 0 Å². The van der Waals surface area contributed by atoms with Crippen molar-refractivity contribution in [3.05, 3.63) is 24.3 Å². The van der Waals surface area contributed by atoms with Crippen LogP contribution in [0.4, 0.5) is 5.69 Å². The summed E-state index contributed by atoms with van der Waals surface area (Å²) in [6, 6.07) is 8.81. The summed E-state index contributed by atoms with van der Waals surface area (Å²) in [7, 11) is 1.73. The lowest BCUT2D eigenvalue weighted by atomic mass is 10.0. The van der Waals surface area contributed by atoms with Crippen LogP contribution in [0.1, 0.15) is 32.6 Å². The Kier molecular flexibility index (Phi) is 3.70. The Labute approximate surface area is 98.0 Å². The molecule has 0 aromatic heterocycles. The van der Waals surface area contributed by atoms with Gasteiger partial charge in [-0.25, -0.2) is 0 Å². The number of anilines is 1. The molecule has 0 saturated heterocycles. The van der Waals surface area contributed by atoms with E-state index in [1.807, 2.05) is 12.1 Å². The molecule has 0 heterocycles. The Morgan fingerprint density at radius 2 is 2.12 bits per heavy atom. The van der Waals surface area contributed by atoms with E-state index >= 15 is 0 Å². The van der Waals surface area contributed by atoms with Crippen LogP contribution in [0, 0.1) is 5.92 Å². The molecule has 0 spiro atoms. The van der Waals surface area contributed by atoms with Gasteiger partial charge in [0.25, 0.3) is 0 Å². The highest BCUT2D eigenvalue weighted by atomic mass is 16.5. The van der Waals surface area contributed by atoms with Crippen molar-refractivity contribution in [1.82, 2.24) is 0 Å². The Bertz CT molecular complexity index is 337. The van der Waals surface area contributed by atoms with Gasteiger partial charge in [0, 0.05) is 6.04 Å². The molecule has 0 aliphatic heterocycles. The van der Waals surface area contributed by atoms with E-state index in [9.17, 15) is 0 Å². The number of hydrogen-bond acceptors (Lipinski definition) is 2. The molecular weight excluding hydrogens is 198 g/mol. The van der Waals surface area contributed by atoms with E-state index in [4.69, 9.17) is 4.74 Å². The van der Waals surface area contributed by atoms with Crippen LogP contribution in [0.2, 0.25) is 0 Å². The van der Waals surface area contributed by atoms with E-state index in [1.165, 1.54) is 25.7 Å². The molecule has 1 aromatic carbocycles. The molecule has 16 heavy (non-hydrogen) atoms. The van der Waals surface area contributed by atoms with Crippen molar-refractivity contribution in [3.63, 3.8) is 0 Å². The third kappa shape index (κ3) is 2.31. The first-order chi connectivity index (χ1) is 7.85. The van der Waals surface area contributed by atoms with Crippen LogP contribution in [0.3, 0.4) is 0 Å². The fraction of sp³-hybridized carbons (Fsp3) is 0.571. The monoisotopic (exact) mass is 219 g/mol. The summed E-state index contributed by atoms with van der Waals surface area (Å²) < 4.78 is 5.36. The van der Waals surface area contributed by atoms with E-state index in [2.05, 4.69) is 24.4 Å². The van der Waals surface area contributed by atoms with Crippen molar-refractivity contribution in [2.45, 2.75) is 38.6 Å². The number of benzene rings is 1. The van der Waals surface area contributed by atoms with E-state index in [0.29, 0.717) is 6.04 Å². The molecule has 0 amide bonds. The molecular formula is C14H21NO. The van der Waals surface area contributed by atoms with Gasteiger partial charge in [-0.15, -0.1) is 0 Å². The third-order valence-electron chi connectivity index (χ3n) is 3.63. The smallest absolute Gasteiger partial charge is 0.141 e. The number of ether oxygens (including phenoxy) is 1. The lowest BCUT2D eigenvalue weighted by Crippen LogP contribution is -2.23. The van der Waals surface area contributed by atoms with Crippen molar-refractivity contribution in [1.29, 1.82) is 0 Å². The summed E-state index contributed by atoms with van der Waals surface area (Å²) in [6.07, 6.45) is 5.28. The van der Waals surface area contributed by atoms with Crippen molar-refractivity contribution in [2.24, 2.45) is 5.92 Å². The maximum absolute atomic E-state index is 5.36. The molecule has 1 saturated carbocycles. The fourth-order valence-electron chi connectivity index (χ4n) is 2.68. The number of nitrogens with one attached hydrogen (secondary N) is 1. The van der Waals surface area contributed by atoms with E-state index in [1.54, 1.807) is 7.11 Å². The Balaban J connectivity index is 2.08. The van der Waals surface area contributed by atoms with Crippen LogP contribution in [0.5, 0.6) is 5.75 Å². The molecule has 2 nitrogen and oxygen atoms in total. The summed E-state index contributed by atoms with van der Waals surface area (Å²) in [4.78, 5) is 0. The first-order valence-corrected chi connectivity index (χ1v) is 6.24. The molecule has 0 radical (unpaired) electrons. The van der Waals surface area contributed by atoms with Gasteiger partial charge in [0.05, 0.1) is 12.8 Å². The summed E-state index contributed by atoms with van der Waals surface area (Å²) in [6.45, 7) is 2.28. The standard InChI is InChI=1S/C14H21NO/c1-3-11-7-6-9-12(11)15-13-8-4-5-10-14(13)16-2/h4-5,8,10-12,15H,3,6-7,9H2,1-2H3. The average Bonchev–Trinajstić information content (AvgIpc) is 2.77. The minimum absolute atomic E-state index is 0.626. The maximum atomic E-state index is 5.36. The molecule has 1 N–H and O–H groups in total. The summed E-state index contributed by atoms with van der Waals surface area (Å²) in [5, 5.41) is 3.64. The maximum Gasteiger partial charge on any atom is 0.141 e. The second-order valence-corrected chi connectivity index (χ2v) is 4.55. The Hall–Kier alpha value is -1.18. The van der Waals surface area contributed by atoms with Crippen LogP contribution in [-0.2, 0) is 0 Å². The number of rotatable bonds is 4. The minimum Gasteiger partial charge on any atom is -0.495 e. The molecule has 0 bridgehead atoms. The van der Waals surface area contributed by atoms with Gasteiger partial charge in [-0.2, -0.15) is 0 Å². The molecule has 1 fully saturated rings. The van der Waals surface area contributed by atoms with Gasteiger partial charge in [0.1, 0.15) is 5.75 Å². The van der Waals surface area contributed by atoms with Gasteiger partial charge >= 0.3 is 0 Å². The zero-order valence-electron chi connectivity index (χ0n) is 10.2. The highest BCUT2D eigenvalue weighted by Gasteiger charge is 2.25. The summed E-state index contributed by atoms with van der Waals surface area (Å²) in [5.74, 6) is 1.77. The van der Waals surface area contributed by atoms with E-state index in [-0.39, 0.29) is 0 Å². The van der Waals surface area contributed by atoms with E-state index in [0.717, 1.165) is 17.4 Å². The topological polar surface area (TPSA) is 21.3 Å². The van der Waals surface area contributed by atoms with Gasteiger partial charge in [-0.1, -0.05) is 31.9 Å². The van der Waals surface area contributed by atoms with Crippen molar-refractivity contribution in [3.8, 4) is 5.75 Å². The highest BCUT2D eigenvalue weighted by molar-refractivity contribution is 5.56. The van der Waals surface area contributed by atoms with Crippen LogP contribution in [0.25, 0.3) is 0 Å². The number of methoxy groups -OCH3 is 1. The minimum atomic E-state index is 0.626. The number of hydrogen-bond donors (Lipinski definition) is 1. The van der Waals surface area contributed by atoms with Crippen molar-refractivity contribution >= 4 is 5.69 Å². The second-order valence-electron chi connectivity index (χ2n) is 4.55. The normalized spacial score (nSPS) is 24.4. The lowest BCUT2D eigenvalue weighted by Gasteiger charge is -2.22. The molecule has 2 rings (SSSR count). The van der Waals surface area contributed by atoms with Crippen molar-refractivity contribution < 1.29 is 4.74 Å². The van der Waals surface area contributed by atoms with Crippen molar-refractivity contribution in [2.75, 3.05) is 12.4 Å². The van der Waals surface area contributed by atoms with Gasteiger partial charge in [-0.05, 0) is 30.9 Å². The summed E-state index contributed by atoms with van der Waals surface area (Å²) in [5.41, 5.74) is 1.13. The van der Waals surface area contributed by atoms with Crippen LogP contribution < -0.4 is 10.1 Å². The zero-order chi connectivity index (χ0) is 11.4. The quantitative estimate of drug-likeness (QED) is 0.834. The average molecular weight is 219 g/mol. The zero-order valence-corrected chi connectivity index (χ0v) is 10.2.